The molecule has 92 valence electrons. The van der Waals surface area contributed by atoms with Crippen LogP contribution in [-0.2, 0) is 4.79 Å². The maximum absolute atomic E-state index is 10.7. The maximum Gasteiger partial charge on any atom is 0.145 e. The van der Waals surface area contributed by atoms with E-state index < -0.39 is 0 Å². The van der Waals surface area contributed by atoms with Crippen molar-refractivity contribution in [3.8, 4) is 6.07 Å². The Kier molecular flexibility index (Phi) is 3.94. The Morgan fingerprint density at radius 3 is 2.33 bits per heavy atom. The van der Waals surface area contributed by atoms with Crippen molar-refractivity contribution in [3.63, 3.8) is 0 Å². The van der Waals surface area contributed by atoms with Crippen molar-refractivity contribution in [1.82, 2.24) is 0 Å². The summed E-state index contributed by atoms with van der Waals surface area (Å²) in [4.78, 5) is 10.7. The summed E-state index contributed by atoms with van der Waals surface area (Å²) in [5, 5.41) is 8.77. The van der Waals surface area contributed by atoms with Crippen LogP contribution in [0.2, 0.25) is 0 Å². The van der Waals surface area contributed by atoms with Gasteiger partial charge in [-0.25, -0.2) is 0 Å². The highest BCUT2D eigenvalue weighted by Gasteiger charge is 2.23. The van der Waals surface area contributed by atoms with Crippen LogP contribution in [0.3, 0.4) is 0 Å². The van der Waals surface area contributed by atoms with Crippen LogP contribution >= 0.6 is 0 Å². The zero-order valence-corrected chi connectivity index (χ0v) is 10.4. The van der Waals surface area contributed by atoms with E-state index in [0.717, 1.165) is 37.5 Å². The molecule has 0 aliphatic heterocycles. The van der Waals surface area contributed by atoms with Crippen LogP contribution in [0.1, 0.15) is 42.7 Å². The van der Waals surface area contributed by atoms with Gasteiger partial charge < -0.3 is 0 Å². The molecule has 0 saturated heterocycles. The molecule has 1 fully saturated rings. The highest BCUT2D eigenvalue weighted by molar-refractivity contribution is 5.72. The summed E-state index contributed by atoms with van der Waals surface area (Å²) in [7, 11) is 0. The van der Waals surface area contributed by atoms with Gasteiger partial charge in [-0.3, -0.25) is 4.79 Å². The minimum absolute atomic E-state index is 0.372. The second-order valence-corrected chi connectivity index (χ2v) is 4.98. The van der Waals surface area contributed by atoms with Crippen LogP contribution in [0.5, 0.6) is 0 Å². The Morgan fingerprint density at radius 1 is 1.22 bits per heavy atom. The van der Waals surface area contributed by atoms with E-state index in [0.29, 0.717) is 17.4 Å². The van der Waals surface area contributed by atoms with Gasteiger partial charge in [0.1, 0.15) is 6.29 Å². The summed E-state index contributed by atoms with van der Waals surface area (Å²) in [6, 6.07) is 10.0. The van der Waals surface area contributed by atoms with Crippen molar-refractivity contribution >= 4 is 6.29 Å². The van der Waals surface area contributed by atoms with Gasteiger partial charge in [0.05, 0.1) is 11.6 Å². The summed E-state index contributed by atoms with van der Waals surface area (Å²) < 4.78 is 0. The summed E-state index contributed by atoms with van der Waals surface area (Å²) in [6.45, 7) is 3.81. The standard InChI is InChI=1S/C16H17NO/c1-12(11-18)14-6-8-16(9-7-14)15-4-2-13(10-17)3-5-15/h2-5,11,14,16H,1,6-9H2. The van der Waals surface area contributed by atoms with Crippen LogP contribution < -0.4 is 0 Å². The van der Waals surface area contributed by atoms with Crippen LogP contribution in [-0.4, -0.2) is 6.29 Å². The molecule has 1 aliphatic carbocycles. The second kappa shape index (κ2) is 5.64. The first-order chi connectivity index (χ1) is 8.74. The molecule has 2 heteroatoms. The summed E-state index contributed by atoms with van der Waals surface area (Å²) in [5.41, 5.74) is 2.76. The van der Waals surface area contributed by atoms with Gasteiger partial charge in [0, 0.05) is 0 Å². The molecule has 1 aromatic rings. The molecule has 0 aromatic heterocycles. The van der Waals surface area contributed by atoms with Crippen LogP contribution in [0.15, 0.2) is 36.4 Å². The number of hydrogen-bond acceptors (Lipinski definition) is 2. The third-order valence-corrected chi connectivity index (χ3v) is 3.91. The molecule has 0 unspecified atom stereocenters. The normalized spacial score (nSPS) is 23.1. The van der Waals surface area contributed by atoms with Gasteiger partial charge in [-0.1, -0.05) is 18.7 Å². The number of rotatable bonds is 3. The SMILES string of the molecule is C=C(C=O)C1CCC(c2ccc(C#N)cc2)CC1. The lowest BCUT2D eigenvalue weighted by Gasteiger charge is -2.28. The molecule has 2 nitrogen and oxygen atoms in total. The lowest BCUT2D eigenvalue weighted by molar-refractivity contribution is -0.105. The Balaban J connectivity index is 1.99. The molecular formula is C16H17NO. The van der Waals surface area contributed by atoms with Gasteiger partial charge in [-0.05, 0) is 60.8 Å². The predicted molar refractivity (Wildman–Crippen MR) is 71.1 cm³/mol. The van der Waals surface area contributed by atoms with Crippen molar-refractivity contribution in [2.24, 2.45) is 5.92 Å². The fourth-order valence-corrected chi connectivity index (χ4v) is 2.72. The van der Waals surface area contributed by atoms with Crippen LogP contribution in [0, 0.1) is 17.2 Å². The maximum atomic E-state index is 10.7. The Morgan fingerprint density at radius 2 is 1.83 bits per heavy atom. The molecule has 0 bridgehead atoms. The number of benzene rings is 1. The largest absolute Gasteiger partial charge is 0.298 e. The van der Waals surface area contributed by atoms with Crippen LogP contribution in [0.25, 0.3) is 0 Å². The van der Waals surface area contributed by atoms with E-state index in [1.54, 1.807) is 0 Å². The number of carbonyl (C=O) groups excluding carboxylic acids is 1. The van der Waals surface area contributed by atoms with Gasteiger partial charge in [0.25, 0.3) is 0 Å². The first-order valence-electron chi connectivity index (χ1n) is 6.38. The lowest BCUT2D eigenvalue weighted by atomic mass is 9.76. The smallest absolute Gasteiger partial charge is 0.145 e. The first-order valence-corrected chi connectivity index (χ1v) is 6.38. The monoisotopic (exact) mass is 239 g/mol. The third kappa shape index (κ3) is 2.68. The lowest BCUT2D eigenvalue weighted by Crippen LogP contribution is -2.15. The predicted octanol–water partition coefficient (Wildman–Crippen LogP) is 3.59. The quantitative estimate of drug-likeness (QED) is 0.597. The molecule has 0 amide bonds. The van der Waals surface area contributed by atoms with E-state index in [1.807, 2.05) is 12.1 Å². The molecule has 2 rings (SSSR count). The molecule has 1 aliphatic rings. The Bertz CT molecular complexity index is 473. The second-order valence-electron chi connectivity index (χ2n) is 4.98. The number of nitriles is 1. The molecule has 0 N–H and O–H groups in total. The number of hydrogen-bond donors (Lipinski definition) is 0. The topological polar surface area (TPSA) is 40.9 Å². The van der Waals surface area contributed by atoms with Crippen molar-refractivity contribution in [1.29, 1.82) is 5.26 Å². The molecule has 0 atom stereocenters. The molecule has 1 saturated carbocycles. The summed E-state index contributed by atoms with van der Waals surface area (Å²) >= 11 is 0. The fraction of sp³-hybridized carbons (Fsp3) is 0.375. The van der Waals surface area contributed by atoms with E-state index >= 15 is 0 Å². The van der Waals surface area contributed by atoms with E-state index in [2.05, 4.69) is 24.8 Å². The van der Waals surface area contributed by atoms with E-state index in [9.17, 15) is 4.79 Å². The van der Waals surface area contributed by atoms with Gasteiger partial charge in [-0.15, -0.1) is 0 Å². The minimum atomic E-state index is 0.372. The van der Waals surface area contributed by atoms with Crippen molar-refractivity contribution in [3.05, 3.63) is 47.5 Å². The number of aldehydes is 1. The van der Waals surface area contributed by atoms with E-state index in [4.69, 9.17) is 5.26 Å². The zero-order valence-electron chi connectivity index (χ0n) is 10.4. The van der Waals surface area contributed by atoms with Crippen molar-refractivity contribution < 1.29 is 4.79 Å². The average molecular weight is 239 g/mol. The molecule has 0 heterocycles. The van der Waals surface area contributed by atoms with Gasteiger partial charge in [0.2, 0.25) is 0 Å². The van der Waals surface area contributed by atoms with Crippen molar-refractivity contribution in [2.75, 3.05) is 0 Å². The van der Waals surface area contributed by atoms with Crippen LogP contribution in [0.4, 0.5) is 0 Å². The number of carbonyl (C=O) groups is 1. The summed E-state index contributed by atoms with van der Waals surface area (Å²) in [6.07, 6.45) is 5.18. The Labute approximate surface area is 108 Å². The Hall–Kier alpha value is -1.88. The van der Waals surface area contributed by atoms with Gasteiger partial charge >= 0.3 is 0 Å². The third-order valence-electron chi connectivity index (χ3n) is 3.91. The van der Waals surface area contributed by atoms with Gasteiger partial charge in [-0.2, -0.15) is 5.26 Å². The van der Waals surface area contributed by atoms with Crippen molar-refractivity contribution in [2.45, 2.75) is 31.6 Å². The first kappa shape index (κ1) is 12.6. The molecule has 0 spiro atoms. The number of allylic oxidation sites excluding steroid dienone is 1. The fourth-order valence-electron chi connectivity index (χ4n) is 2.72. The van der Waals surface area contributed by atoms with Gasteiger partial charge in [0.15, 0.2) is 0 Å². The highest BCUT2D eigenvalue weighted by atomic mass is 16.1. The summed E-state index contributed by atoms with van der Waals surface area (Å²) in [5.74, 6) is 0.936. The number of nitrogens with zero attached hydrogens (tertiary/aromatic N) is 1. The highest BCUT2D eigenvalue weighted by Crippen LogP contribution is 2.37. The minimum Gasteiger partial charge on any atom is -0.298 e. The zero-order chi connectivity index (χ0) is 13.0. The molecule has 0 radical (unpaired) electrons. The average Bonchev–Trinajstić information content (AvgIpc) is 2.47. The molecule has 18 heavy (non-hydrogen) atoms. The molecule has 1 aromatic carbocycles. The van der Waals surface area contributed by atoms with E-state index in [1.165, 1.54) is 5.56 Å². The molecular weight excluding hydrogens is 222 g/mol. The van der Waals surface area contributed by atoms with E-state index in [-0.39, 0.29) is 0 Å².